The summed E-state index contributed by atoms with van der Waals surface area (Å²) in [5.74, 6) is 0.720. The number of aliphatic hydroxyl groups is 1. The van der Waals surface area contributed by atoms with Gasteiger partial charge in [0, 0.05) is 23.7 Å². The average Bonchev–Trinajstić information content (AvgIpc) is 2.70. The second-order valence-corrected chi connectivity index (χ2v) is 7.60. The normalized spacial score (nSPS) is 12.0. The fourth-order valence-electron chi connectivity index (χ4n) is 2.75. The molecule has 3 aromatic carbocycles. The molecule has 0 radical (unpaired) electrons. The van der Waals surface area contributed by atoms with Gasteiger partial charge in [-0.15, -0.1) is 0 Å². The molecule has 2 N–H and O–H groups in total. The number of aliphatic hydroxyl groups excluding tert-OH is 1. The molecular weight excluding hydrogens is 417 g/mol. The Morgan fingerprint density at radius 3 is 2.43 bits per heavy atom. The van der Waals surface area contributed by atoms with Gasteiger partial charge in [0.2, 0.25) is 0 Å². The minimum Gasteiger partial charge on any atom is -0.489 e. The third kappa shape index (κ3) is 5.87. The van der Waals surface area contributed by atoms with Crippen molar-refractivity contribution in [3.8, 4) is 5.75 Å². The molecule has 0 heterocycles. The Labute approximate surface area is 179 Å². The fourth-order valence-corrected chi connectivity index (χ4v) is 3.27. The van der Waals surface area contributed by atoms with Crippen LogP contribution < -0.4 is 10.1 Å². The van der Waals surface area contributed by atoms with E-state index in [1.165, 1.54) is 0 Å². The van der Waals surface area contributed by atoms with E-state index in [4.69, 9.17) is 39.5 Å². The first-order valence-electron chi connectivity index (χ1n) is 8.82. The highest BCUT2D eigenvalue weighted by Gasteiger charge is 2.09. The summed E-state index contributed by atoms with van der Waals surface area (Å²) in [7, 11) is 0. The average molecular weight is 437 g/mol. The first-order valence-corrected chi connectivity index (χ1v) is 9.95. The molecule has 0 saturated heterocycles. The van der Waals surface area contributed by atoms with Crippen LogP contribution in [0.5, 0.6) is 5.75 Å². The van der Waals surface area contributed by atoms with E-state index in [0.29, 0.717) is 34.8 Å². The fraction of sp³-hybridized carbons (Fsp3) is 0.182. The number of ether oxygens (including phenoxy) is 1. The monoisotopic (exact) mass is 435 g/mol. The summed E-state index contributed by atoms with van der Waals surface area (Å²) in [6.45, 7) is 1.29. The predicted molar refractivity (Wildman–Crippen MR) is 115 cm³/mol. The maximum Gasteiger partial charge on any atom is 0.124 e. The third-order valence-electron chi connectivity index (χ3n) is 4.24. The van der Waals surface area contributed by atoms with Crippen LogP contribution in [-0.2, 0) is 13.2 Å². The zero-order chi connectivity index (χ0) is 19.9. The van der Waals surface area contributed by atoms with Crippen molar-refractivity contribution in [2.75, 3.05) is 6.54 Å². The van der Waals surface area contributed by atoms with Crippen LogP contribution in [0.15, 0.2) is 66.7 Å². The molecule has 146 valence electrons. The van der Waals surface area contributed by atoms with Gasteiger partial charge >= 0.3 is 0 Å². The zero-order valence-corrected chi connectivity index (χ0v) is 17.3. The quantitative estimate of drug-likeness (QED) is 0.452. The Kier molecular flexibility index (Phi) is 7.60. The summed E-state index contributed by atoms with van der Waals surface area (Å²) < 4.78 is 5.95. The molecule has 3 nitrogen and oxygen atoms in total. The maximum atomic E-state index is 10.3. The molecule has 0 aliphatic rings. The number of rotatable bonds is 8. The molecule has 0 aromatic heterocycles. The van der Waals surface area contributed by atoms with Crippen molar-refractivity contribution in [2.24, 2.45) is 0 Å². The van der Waals surface area contributed by atoms with Gasteiger partial charge in [-0.1, -0.05) is 71.2 Å². The lowest BCUT2D eigenvalue weighted by atomic mass is 10.1. The Bertz CT molecular complexity index is 919. The van der Waals surface area contributed by atoms with Crippen molar-refractivity contribution >= 4 is 34.8 Å². The Morgan fingerprint density at radius 1 is 0.893 bits per heavy atom. The summed E-state index contributed by atoms with van der Waals surface area (Å²) >= 11 is 18.2. The van der Waals surface area contributed by atoms with Gasteiger partial charge in [0.15, 0.2) is 0 Å². The summed E-state index contributed by atoms with van der Waals surface area (Å²) in [5.41, 5.74) is 2.70. The van der Waals surface area contributed by atoms with Gasteiger partial charge in [-0.25, -0.2) is 0 Å². The second kappa shape index (κ2) is 10.1. The summed E-state index contributed by atoms with van der Waals surface area (Å²) in [6.07, 6.45) is -0.582. The lowest BCUT2D eigenvalue weighted by Crippen LogP contribution is -2.21. The second-order valence-electron chi connectivity index (χ2n) is 6.35. The largest absolute Gasteiger partial charge is 0.489 e. The van der Waals surface area contributed by atoms with Crippen molar-refractivity contribution in [3.63, 3.8) is 0 Å². The van der Waals surface area contributed by atoms with Crippen LogP contribution in [0.3, 0.4) is 0 Å². The van der Waals surface area contributed by atoms with Gasteiger partial charge < -0.3 is 15.2 Å². The number of benzene rings is 3. The molecule has 0 spiro atoms. The Morgan fingerprint density at radius 2 is 1.68 bits per heavy atom. The number of hydrogen-bond donors (Lipinski definition) is 2. The topological polar surface area (TPSA) is 41.5 Å². The van der Waals surface area contributed by atoms with Crippen LogP contribution in [-0.4, -0.2) is 11.7 Å². The van der Waals surface area contributed by atoms with Gasteiger partial charge in [-0.3, -0.25) is 0 Å². The van der Waals surface area contributed by atoms with E-state index in [-0.39, 0.29) is 0 Å². The van der Waals surface area contributed by atoms with E-state index in [9.17, 15) is 5.11 Å². The summed E-state index contributed by atoms with van der Waals surface area (Å²) in [6, 6.07) is 20.4. The first-order chi connectivity index (χ1) is 13.5. The highest BCUT2D eigenvalue weighted by atomic mass is 35.5. The lowest BCUT2D eigenvalue weighted by Gasteiger charge is -2.15. The first kappa shape index (κ1) is 21.0. The highest BCUT2D eigenvalue weighted by molar-refractivity contribution is 6.42. The molecule has 0 aliphatic carbocycles. The molecule has 0 aliphatic heterocycles. The van der Waals surface area contributed by atoms with E-state index < -0.39 is 6.10 Å². The molecule has 3 rings (SSSR count). The van der Waals surface area contributed by atoms with Gasteiger partial charge in [-0.2, -0.15) is 0 Å². The van der Waals surface area contributed by atoms with Crippen LogP contribution in [0.1, 0.15) is 22.8 Å². The molecule has 6 heteroatoms. The van der Waals surface area contributed by atoms with Gasteiger partial charge in [0.25, 0.3) is 0 Å². The molecule has 28 heavy (non-hydrogen) atoms. The highest BCUT2D eigenvalue weighted by Crippen LogP contribution is 2.26. The van der Waals surface area contributed by atoms with Crippen molar-refractivity contribution in [1.29, 1.82) is 0 Å². The Balaban J connectivity index is 1.61. The minimum atomic E-state index is -0.582. The van der Waals surface area contributed by atoms with Crippen LogP contribution in [0, 0.1) is 0 Å². The molecule has 0 fully saturated rings. The van der Waals surface area contributed by atoms with E-state index in [2.05, 4.69) is 5.32 Å². The standard InChI is InChI=1S/C22H20Cl3NO2/c23-18-7-9-22(28-14-15-6-8-19(24)20(25)10-15)17(11-18)12-26-13-21(27)16-4-2-1-3-5-16/h1-11,21,26-27H,12-14H2/t21-/m0/s1. The molecule has 0 saturated carbocycles. The molecule has 0 amide bonds. The maximum absolute atomic E-state index is 10.3. The van der Waals surface area contributed by atoms with E-state index in [1.807, 2.05) is 48.5 Å². The molecule has 0 bridgehead atoms. The molecule has 0 unspecified atom stereocenters. The van der Waals surface area contributed by atoms with Crippen LogP contribution in [0.2, 0.25) is 15.1 Å². The van der Waals surface area contributed by atoms with Crippen molar-refractivity contribution < 1.29 is 9.84 Å². The Hall–Kier alpha value is -1.75. The SMILES string of the molecule is O[C@@H](CNCc1cc(Cl)ccc1OCc1ccc(Cl)c(Cl)c1)c1ccccc1. The van der Waals surface area contributed by atoms with E-state index in [1.54, 1.807) is 18.2 Å². The summed E-state index contributed by atoms with van der Waals surface area (Å²) in [5, 5.41) is 15.2. The van der Waals surface area contributed by atoms with Crippen molar-refractivity contribution in [3.05, 3.63) is 98.5 Å². The third-order valence-corrected chi connectivity index (χ3v) is 5.21. The molecule has 1 atom stereocenters. The molecular formula is C22H20Cl3NO2. The van der Waals surface area contributed by atoms with Crippen molar-refractivity contribution in [2.45, 2.75) is 19.3 Å². The smallest absolute Gasteiger partial charge is 0.124 e. The zero-order valence-electron chi connectivity index (χ0n) is 15.0. The number of hydrogen-bond acceptors (Lipinski definition) is 3. The number of halogens is 3. The molecule has 3 aromatic rings. The van der Waals surface area contributed by atoms with Gasteiger partial charge in [0.1, 0.15) is 12.4 Å². The van der Waals surface area contributed by atoms with Crippen LogP contribution in [0.4, 0.5) is 0 Å². The van der Waals surface area contributed by atoms with Gasteiger partial charge in [-0.05, 0) is 41.5 Å². The minimum absolute atomic E-state index is 0.359. The van der Waals surface area contributed by atoms with E-state index >= 15 is 0 Å². The van der Waals surface area contributed by atoms with Gasteiger partial charge in [0.05, 0.1) is 16.1 Å². The lowest BCUT2D eigenvalue weighted by molar-refractivity contribution is 0.174. The van der Waals surface area contributed by atoms with Crippen molar-refractivity contribution in [1.82, 2.24) is 5.32 Å². The summed E-state index contributed by atoms with van der Waals surface area (Å²) in [4.78, 5) is 0. The number of nitrogens with one attached hydrogen (secondary N) is 1. The van der Waals surface area contributed by atoms with Crippen LogP contribution in [0.25, 0.3) is 0 Å². The van der Waals surface area contributed by atoms with E-state index in [0.717, 1.165) is 22.4 Å². The van der Waals surface area contributed by atoms with Crippen LogP contribution >= 0.6 is 34.8 Å². The predicted octanol–water partition coefficient (Wildman–Crippen LogP) is 6.05.